The minimum Gasteiger partial charge on any atom is -0.497 e. The summed E-state index contributed by atoms with van der Waals surface area (Å²) in [4.78, 5) is 12.2. The molecular weight excluding hydrogens is 402 g/mol. The van der Waals surface area contributed by atoms with Crippen molar-refractivity contribution >= 4 is 23.7 Å². The number of halogens is 1. The Kier molecular flexibility index (Phi) is 6.79. The number of nitrogens with zero attached hydrogens (tertiary/aromatic N) is 2. The number of benzene rings is 2. The average Bonchev–Trinajstić information content (AvgIpc) is 3.01. The highest BCUT2D eigenvalue weighted by atomic mass is 35.5. The summed E-state index contributed by atoms with van der Waals surface area (Å²) in [7, 11) is 3.23. The van der Waals surface area contributed by atoms with Gasteiger partial charge in [-0.25, -0.2) is 5.43 Å². The lowest BCUT2D eigenvalue weighted by Gasteiger charge is -2.14. The van der Waals surface area contributed by atoms with Crippen molar-refractivity contribution in [3.05, 3.63) is 76.1 Å². The number of ether oxygens (including phenoxy) is 2. The van der Waals surface area contributed by atoms with Crippen LogP contribution in [0, 0.1) is 13.8 Å². The summed E-state index contributed by atoms with van der Waals surface area (Å²) >= 11 is 6.19. The summed E-state index contributed by atoms with van der Waals surface area (Å²) < 4.78 is 12.6. The third kappa shape index (κ3) is 4.83. The lowest BCUT2D eigenvalue weighted by molar-refractivity contribution is -0.120. The van der Waals surface area contributed by atoms with Gasteiger partial charge >= 0.3 is 0 Å². The standard InChI is InChI=1S/C23H24ClN3O3/c1-15-11-18(16(2)27(15)21-13-19(24)7-10-22(21)30-4)14-25-26-23(28)12-17-5-8-20(29-3)9-6-17/h5-11,13-14H,12H2,1-4H3,(H,26,28)/b25-14-. The highest BCUT2D eigenvalue weighted by Crippen LogP contribution is 2.30. The zero-order valence-corrected chi connectivity index (χ0v) is 18.2. The van der Waals surface area contributed by atoms with Crippen LogP contribution in [0.2, 0.25) is 5.02 Å². The normalized spacial score (nSPS) is 11.0. The van der Waals surface area contributed by atoms with Gasteiger partial charge < -0.3 is 14.0 Å². The van der Waals surface area contributed by atoms with Crippen molar-refractivity contribution in [2.75, 3.05) is 14.2 Å². The van der Waals surface area contributed by atoms with Crippen molar-refractivity contribution in [3.63, 3.8) is 0 Å². The second kappa shape index (κ2) is 9.50. The van der Waals surface area contributed by atoms with Crippen LogP contribution in [0.4, 0.5) is 0 Å². The molecule has 0 aliphatic rings. The van der Waals surface area contributed by atoms with Gasteiger partial charge in [0.2, 0.25) is 5.91 Å². The van der Waals surface area contributed by atoms with Crippen molar-refractivity contribution in [2.45, 2.75) is 20.3 Å². The second-order valence-corrected chi connectivity index (χ2v) is 7.23. The Bertz CT molecular complexity index is 1070. The van der Waals surface area contributed by atoms with E-state index in [0.717, 1.165) is 39.7 Å². The van der Waals surface area contributed by atoms with Gasteiger partial charge in [0, 0.05) is 22.0 Å². The molecule has 156 valence electrons. The highest BCUT2D eigenvalue weighted by Gasteiger charge is 2.14. The van der Waals surface area contributed by atoms with E-state index in [4.69, 9.17) is 21.1 Å². The van der Waals surface area contributed by atoms with Crippen LogP contribution in [0.3, 0.4) is 0 Å². The largest absolute Gasteiger partial charge is 0.497 e. The van der Waals surface area contributed by atoms with E-state index < -0.39 is 0 Å². The maximum absolute atomic E-state index is 12.2. The number of rotatable bonds is 7. The topological polar surface area (TPSA) is 64.8 Å². The molecule has 7 heteroatoms. The van der Waals surface area contributed by atoms with Gasteiger partial charge in [-0.2, -0.15) is 5.10 Å². The molecule has 0 aliphatic heterocycles. The molecule has 3 rings (SSSR count). The number of aromatic nitrogens is 1. The van der Waals surface area contributed by atoms with Crippen LogP contribution in [0.25, 0.3) is 5.69 Å². The number of hydrazone groups is 1. The SMILES string of the molecule is COc1ccc(CC(=O)N/N=C\c2cc(C)n(-c3cc(Cl)ccc3OC)c2C)cc1. The summed E-state index contributed by atoms with van der Waals surface area (Å²) in [6.07, 6.45) is 1.88. The van der Waals surface area contributed by atoms with Crippen LogP contribution < -0.4 is 14.9 Å². The average molecular weight is 426 g/mol. The van der Waals surface area contributed by atoms with Gasteiger partial charge in [-0.3, -0.25) is 4.79 Å². The number of amides is 1. The van der Waals surface area contributed by atoms with Crippen LogP contribution >= 0.6 is 11.6 Å². The summed E-state index contributed by atoms with van der Waals surface area (Å²) in [6.45, 7) is 3.97. The summed E-state index contributed by atoms with van der Waals surface area (Å²) in [5.41, 5.74) is 7.16. The molecule has 0 aliphatic carbocycles. The summed E-state index contributed by atoms with van der Waals surface area (Å²) in [5, 5.41) is 4.74. The number of carbonyl (C=O) groups excluding carboxylic acids is 1. The lowest BCUT2D eigenvalue weighted by Crippen LogP contribution is -2.19. The van der Waals surface area contributed by atoms with Gasteiger partial charge in [0.1, 0.15) is 11.5 Å². The molecule has 0 saturated heterocycles. The zero-order valence-electron chi connectivity index (χ0n) is 17.4. The summed E-state index contributed by atoms with van der Waals surface area (Å²) in [5.74, 6) is 1.28. The van der Waals surface area contributed by atoms with Crippen molar-refractivity contribution in [2.24, 2.45) is 5.10 Å². The first-order valence-corrected chi connectivity index (χ1v) is 9.78. The molecule has 0 bridgehead atoms. The molecule has 0 fully saturated rings. The molecule has 0 atom stereocenters. The predicted molar refractivity (Wildman–Crippen MR) is 119 cm³/mol. The second-order valence-electron chi connectivity index (χ2n) is 6.80. The minimum absolute atomic E-state index is 0.193. The highest BCUT2D eigenvalue weighted by molar-refractivity contribution is 6.30. The predicted octanol–water partition coefficient (Wildman–Crippen LogP) is 4.46. The van der Waals surface area contributed by atoms with E-state index in [1.807, 2.05) is 60.9 Å². The van der Waals surface area contributed by atoms with E-state index in [9.17, 15) is 4.79 Å². The number of methoxy groups -OCH3 is 2. The van der Waals surface area contributed by atoms with Gasteiger partial charge in [-0.1, -0.05) is 23.7 Å². The smallest absolute Gasteiger partial charge is 0.244 e. The molecule has 30 heavy (non-hydrogen) atoms. The molecule has 3 aromatic rings. The maximum Gasteiger partial charge on any atom is 0.244 e. The zero-order chi connectivity index (χ0) is 21.7. The van der Waals surface area contributed by atoms with Gasteiger partial charge in [-0.05, 0) is 55.8 Å². The first-order valence-electron chi connectivity index (χ1n) is 9.40. The maximum atomic E-state index is 12.2. The molecular formula is C23H24ClN3O3. The van der Waals surface area contributed by atoms with Gasteiger partial charge in [0.05, 0.1) is 32.5 Å². The Labute approximate surface area is 181 Å². The van der Waals surface area contributed by atoms with E-state index in [0.29, 0.717) is 5.02 Å². The van der Waals surface area contributed by atoms with Crippen molar-refractivity contribution in [1.29, 1.82) is 0 Å². The van der Waals surface area contributed by atoms with E-state index in [1.165, 1.54) is 0 Å². The molecule has 0 spiro atoms. The van der Waals surface area contributed by atoms with Gasteiger partial charge in [-0.15, -0.1) is 0 Å². The Hall–Kier alpha value is -3.25. The van der Waals surface area contributed by atoms with Crippen LogP contribution in [0.1, 0.15) is 22.5 Å². The number of nitrogens with one attached hydrogen (secondary N) is 1. The Morgan fingerprint density at radius 1 is 1.10 bits per heavy atom. The Morgan fingerprint density at radius 2 is 1.83 bits per heavy atom. The first kappa shape index (κ1) is 21.5. The molecule has 1 aromatic heterocycles. The van der Waals surface area contributed by atoms with Gasteiger partial charge in [0.25, 0.3) is 0 Å². The molecule has 6 nitrogen and oxygen atoms in total. The Morgan fingerprint density at radius 3 is 2.50 bits per heavy atom. The van der Waals surface area contributed by atoms with Gasteiger partial charge in [0.15, 0.2) is 0 Å². The van der Waals surface area contributed by atoms with E-state index in [-0.39, 0.29) is 12.3 Å². The van der Waals surface area contributed by atoms with E-state index in [2.05, 4.69) is 10.5 Å². The van der Waals surface area contributed by atoms with Crippen LogP contribution in [-0.2, 0) is 11.2 Å². The molecule has 0 radical (unpaired) electrons. The fraction of sp³-hybridized carbons (Fsp3) is 0.217. The van der Waals surface area contributed by atoms with Crippen LogP contribution in [-0.4, -0.2) is 30.9 Å². The number of aryl methyl sites for hydroxylation is 1. The fourth-order valence-corrected chi connectivity index (χ4v) is 3.44. The lowest BCUT2D eigenvalue weighted by atomic mass is 10.1. The fourth-order valence-electron chi connectivity index (χ4n) is 3.27. The Balaban J connectivity index is 1.73. The molecule has 0 unspecified atom stereocenters. The molecule has 2 aromatic carbocycles. The van der Waals surface area contributed by atoms with Crippen molar-refractivity contribution in [3.8, 4) is 17.2 Å². The van der Waals surface area contributed by atoms with Crippen LogP contribution in [0.15, 0.2) is 53.6 Å². The van der Waals surface area contributed by atoms with E-state index in [1.54, 1.807) is 26.5 Å². The quantitative estimate of drug-likeness (QED) is 0.449. The third-order valence-corrected chi connectivity index (χ3v) is 5.00. The molecule has 1 N–H and O–H groups in total. The number of hydrogen-bond donors (Lipinski definition) is 1. The summed E-state index contributed by atoms with van der Waals surface area (Å²) in [6, 6.07) is 14.8. The van der Waals surface area contributed by atoms with Crippen molar-refractivity contribution < 1.29 is 14.3 Å². The van der Waals surface area contributed by atoms with E-state index >= 15 is 0 Å². The number of carbonyl (C=O) groups is 1. The first-order chi connectivity index (χ1) is 14.4. The molecule has 1 amide bonds. The molecule has 0 saturated carbocycles. The molecule has 1 heterocycles. The third-order valence-electron chi connectivity index (χ3n) is 4.77. The van der Waals surface area contributed by atoms with Crippen LogP contribution in [0.5, 0.6) is 11.5 Å². The monoisotopic (exact) mass is 425 g/mol. The minimum atomic E-state index is -0.193. The number of hydrogen-bond acceptors (Lipinski definition) is 4. The van der Waals surface area contributed by atoms with Crippen molar-refractivity contribution in [1.82, 2.24) is 9.99 Å².